The molecule has 1 amide bonds. The molecule has 0 unspecified atom stereocenters. The SMILES string of the molecule is CCOc1cccc(C=Nn2c(-c3ccc4c(c3)NC(=O)CO4)csc2=NC)c1O. The van der Waals surface area contributed by atoms with Crippen LogP contribution in [0, 0.1) is 0 Å². The first-order valence-electron chi connectivity index (χ1n) is 9.30. The molecule has 3 aromatic rings. The molecule has 2 heterocycles. The molecule has 1 aromatic heterocycles. The summed E-state index contributed by atoms with van der Waals surface area (Å²) in [6.45, 7) is 2.32. The minimum atomic E-state index is -0.190. The fourth-order valence-electron chi connectivity index (χ4n) is 3.04. The molecule has 30 heavy (non-hydrogen) atoms. The van der Waals surface area contributed by atoms with Crippen LogP contribution in [0.1, 0.15) is 12.5 Å². The van der Waals surface area contributed by atoms with Crippen LogP contribution in [0.5, 0.6) is 17.2 Å². The van der Waals surface area contributed by atoms with E-state index in [1.54, 1.807) is 36.1 Å². The third-order valence-electron chi connectivity index (χ3n) is 4.43. The van der Waals surface area contributed by atoms with Gasteiger partial charge in [0.05, 0.1) is 24.2 Å². The summed E-state index contributed by atoms with van der Waals surface area (Å²) in [6.07, 6.45) is 1.56. The Balaban J connectivity index is 1.74. The number of carbonyl (C=O) groups excluding carboxylic acids is 1. The summed E-state index contributed by atoms with van der Waals surface area (Å²) in [5.74, 6) is 0.874. The Kier molecular flexibility index (Phi) is 5.53. The molecule has 9 heteroatoms. The lowest BCUT2D eigenvalue weighted by Gasteiger charge is -2.18. The summed E-state index contributed by atoms with van der Waals surface area (Å²) in [5, 5.41) is 19.7. The predicted octanol–water partition coefficient (Wildman–Crippen LogP) is 3.06. The number of nitrogens with one attached hydrogen (secondary N) is 1. The number of hydrogen-bond acceptors (Lipinski definition) is 7. The average molecular weight is 424 g/mol. The topological polar surface area (TPSA) is 97.4 Å². The number of carbonyl (C=O) groups is 1. The van der Waals surface area contributed by atoms with Crippen LogP contribution in [0.25, 0.3) is 11.3 Å². The highest BCUT2D eigenvalue weighted by Crippen LogP contribution is 2.33. The molecular weight excluding hydrogens is 404 g/mol. The van der Waals surface area contributed by atoms with E-state index < -0.39 is 0 Å². The molecule has 1 aliphatic heterocycles. The standard InChI is InChI=1S/C21H20N4O4S/c1-3-28-18-6-4-5-14(20(18)27)10-23-25-16(12-30-21(25)22-2)13-7-8-17-15(9-13)24-19(26)11-29-17/h4-10,12,27H,3,11H2,1-2H3,(H,24,26). The zero-order chi connectivity index (χ0) is 21.1. The molecule has 0 fully saturated rings. The number of amides is 1. The number of phenols is 1. The normalized spacial score (nSPS) is 13.8. The minimum absolute atomic E-state index is 0.0122. The number of anilines is 1. The molecule has 4 rings (SSSR count). The Labute approximate surface area is 176 Å². The summed E-state index contributed by atoms with van der Waals surface area (Å²) in [4.78, 5) is 16.6. The first-order chi connectivity index (χ1) is 14.6. The quantitative estimate of drug-likeness (QED) is 0.615. The highest BCUT2D eigenvalue weighted by atomic mass is 32.1. The predicted molar refractivity (Wildman–Crippen MR) is 116 cm³/mol. The first kappa shape index (κ1) is 19.7. The van der Waals surface area contributed by atoms with E-state index in [0.29, 0.717) is 34.2 Å². The van der Waals surface area contributed by atoms with Crippen LogP contribution < -0.4 is 19.6 Å². The van der Waals surface area contributed by atoms with E-state index in [0.717, 1.165) is 11.3 Å². The fraction of sp³-hybridized carbons (Fsp3) is 0.190. The fourth-order valence-corrected chi connectivity index (χ4v) is 3.84. The summed E-state index contributed by atoms with van der Waals surface area (Å²) in [5.41, 5.74) is 2.77. The Bertz CT molecular complexity index is 1200. The van der Waals surface area contributed by atoms with Crippen molar-refractivity contribution in [3.05, 3.63) is 52.1 Å². The van der Waals surface area contributed by atoms with Crippen molar-refractivity contribution in [1.29, 1.82) is 0 Å². The third kappa shape index (κ3) is 3.79. The molecule has 0 saturated carbocycles. The van der Waals surface area contributed by atoms with Crippen LogP contribution in [0.3, 0.4) is 0 Å². The van der Waals surface area contributed by atoms with Crippen molar-refractivity contribution in [1.82, 2.24) is 4.68 Å². The largest absolute Gasteiger partial charge is 0.504 e. The van der Waals surface area contributed by atoms with Crippen molar-refractivity contribution >= 4 is 29.1 Å². The highest BCUT2D eigenvalue weighted by molar-refractivity contribution is 7.07. The van der Waals surface area contributed by atoms with Gasteiger partial charge in [-0.15, -0.1) is 11.3 Å². The maximum absolute atomic E-state index is 11.6. The lowest BCUT2D eigenvalue weighted by Crippen LogP contribution is -2.25. The van der Waals surface area contributed by atoms with Gasteiger partial charge in [0.2, 0.25) is 4.80 Å². The maximum atomic E-state index is 11.6. The van der Waals surface area contributed by atoms with Gasteiger partial charge in [-0.3, -0.25) is 9.79 Å². The van der Waals surface area contributed by atoms with Crippen molar-refractivity contribution in [2.45, 2.75) is 6.92 Å². The van der Waals surface area contributed by atoms with Gasteiger partial charge in [-0.25, -0.2) is 4.68 Å². The zero-order valence-corrected chi connectivity index (χ0v) is 17.3. The highest BCUT2D eigenvalue weighted by Gasteiger charge is 2.17. The summed E-state index contributed by atoms with van der Waals surface area (Å²) < 4.78 is 12.5. The van der Waals surface area contributed by atoms with Crippen molar-refractivity contribution < 1.29 is 19.4 Å². The van der Waals surface area contributed by atoms with Gasteiger partial charge in [-0.1, -0.05) is 6.07 Å². The van der Waals surface area contributed by atoms with Gasteiger partial charge >= 0.3 is 0 Å². The Morgan fingerprint density at radius 1 is 1.37 bits per heavy atom. The number of aromatic hydroxyl groups is 1. The lowest BCUT2D eigenvalue weighted by molar-refractivity contribution is -0.118. The maximum Gasteiger partial charge on any atom is 0.262 e. The molecule has 2 aromatic carbocycles. The molecule has 0 atom stereocenters. The van der Waals surface area contributed by atoms with Gasteiger partial charge in [0.25, 0.3) is 5.91 Å². The lowest BCUT2D eigenvalue weighted by atomic mass is 10.1. The molecule has 0 bridgehead atoms. The van der Waals surface area contributed by atoms with Crippen LogP contribution in [0.4, 0.5) is 5.69 Å². The van der Waals surface area contributed by atoms with E-state index in [9.17, 15) is 9.90 Å². The first-order valence-corrected chi connectivity index (χ1v) is 10.2. The number of fused-ring (bicyclic) bond motifs is 1. The minimum Gasteiger partial charge on any atom is -0.504 e. The van der Waals surface area contributed by atoms with Gasteiger partial charge in [-0.05, 0) is 37.3 Å². The summed E-state index contributed by atoms with van der Waals surface area (Å²) >= 11 is 1.44. The molecule has 154 valence electrons. The average Bonchev–Trinajstić information content (AvgIpc) is 3.17. The van der Waals surface area contributed by atoms with Gasteiger partial charge in [0.1, 0.15) is 5.75 Å². The third-order valence-corrected chi connectivity index (χ3v) is 5.33. The number of ether oxygens (including phenoxy) is 2. The van der Waals surface area contributed by atoms with E-state index in [4.69, 9.17) is 9.47 Å². The van der Waals surface area contributed by atoms with E-state index in [1.165, 1.54) is 11.3 Å². The van der Waals surface area contributed by atoms with Crippen molar-refractivity contribution in [3.63, 3.8) is 0 Å². The Hall–Kier alpha value is -3.59. The number of para-hydroxylation sites is 1. The number of nitrogens with zero attached hydrogens (tertiary/aromatic N) is 3. The van der Waals surface area contributed by atoms with Crippen molar-refractivity contribution in [2.24, 2.45) is 10.1 Å². The van der Waals surface area contributed by atoms with E-state index in [2.05, 4.69) is 15.4 Å². The van der Waals surface area contributed by atoms with Crippen molar-refractivity contribution in [2.75, 3.05) is 25.6 Å². The van der Waals surface area contributed by atoms with Crippen LogP contribution >= 0.6 is 11.3 Å². The van der Waals surface area contributed by atoms with Gasteiger partial charge < -0.3 is 19.9 Å². The zero-order valence-electron chi connectivity index (χ0n) is 16.5. The number of aromatic nitrogens is 1. The van der Waals surface area contributed by atoms with Gasteiger partial charge in [0, 0.05) is 23.6 Å². The Morgan fingerprint density at radius 3 is 3.03 bits per heavy atom. The van der Waals surface area contributed by atoms with Crippen molar-refractivity contribution in [3.8, 4) is 28.5 Å². The van der Waals surface area contributed by atoms with Gasteiger partial charge in [0.15, 0.2) is 18.1 Å². The van der Waals surface area contributed by atoms with E-state index in [-0.39, 0.29) is 18.3 Å². The van der Waals surface area contributed by atoms with Gasteiger partial charge in [-0.2, -0.15) is 5.10 Å². The molecule has 1 aliphatic rings. The molecule has 2 N–H and O–H groups in total. The monoisotopic (exact) mass is 424 g/mol. The van der Waals surface area contributed by atoms with Crippen LogP contribution in [0.15, 0.2) is 51.9 Å². The summed E-state index contributed by atoms with van der Waals surface area (Å²) in [6, 6.07) is 10.8. The molecule has 0 saturated heterocycles. The Morgan fingerprint density at radius 2 is 2.23 bits per heavy atom. The smallest absolute Gasteiger partial charge is 0.262 e. The van der Waals surface area contributed by atoms with Crippen LogP contribution in [0.2, 0.25) is 0 Å². The number of rotatable bonds is 5. The second-order valence-electron chi connectivity index (χ2n) is 6.36. The second kappa shape index (κ2) is 8.42. The van der Waals surface area contributed by atoms with Crippen LogP contribution in [-0.2, 0) is 4.79 Å². The number of benzene rings is 2. The number of thiazole rings is 1. The number of phenolic OH excluding ortho intramolecular Hbond substituents is 1. The number of hydrogen-bond donors (Lipinski definition) is 2. The molecular formula is C21H20N4O4S. The van der Waals surface area contributed by atoms with Crippen LogP contribution in [-0.4, -0.2) is 42.2 Å². The molecule has 0 aliphatic carbocycles. The molecule has 0 spiro atoms. The molecule has 0 radical (unpaired) electrons. The second-order valence-corrected chi connectivity index (χ2v) is 7.19. The molecule has 8 nitrogen and oxygen atoms in total. The van der Waals surface area contributed by atoms with E-state index in [1.807, 2.05) is 30.5 Å². The van der Waals surface area contributed by atoms with E-state index >= 15 is 0 Å². The summed E-state index contributed by atoms with van der Waals surface area (Å²) in [7, 11) is 1.69.